The Bertz CT molecular complexity index is 4000. The molecule has 12 rings (SSSR count). The average molecular weight is 1480 g/mol. The third kappa shape index (κ3) is 16.6. The van der Waals surface area contributed by atoms with E-state index in [0.717, 1.165) is 122 Å². The number of alkyl halides is 1. The Morgan fingerprint density at radius 1 is 0.494 bits per heavy atom. The number of carbonyl (C=O) groups is 1. The molecule has 12 aromatic rings. The van der Waals surface area contributed by atoms with Gasteiger partial charge in [-0.1, -0.05) is 231 Å². The van der Waals surface area contributed by atoms with Crippen molar-refractivity contribution in [3.8, 4) is 34.4 Å². The van der Waals surface area contributed by atoms with Gasteiger partial charge in [-0.2, -0.15) is 0 Å². The first-order valence-corrected chi connectivity index (χ1v) is 31.7. The summed E-state index contributed by atoms with van der Waals surface area (Å²) >= 11 is 17.9. The van der Waals surface area contributed by atoms with Crippen molar-refractivity contribution in [3.63, 3.8) is 0 Å². The van der Waals surface area contributed by atoms with Gasteiger partial charge in [0.25, 0.3) is 6.47 Å². The Hall–Kier alpha value is -2.60. The molecule has 0 saturated carbocycles. The normalized spacial score (nSPS) is 11.0. The van der Waals surface area contributed by atoms with Crippen molar-refractivity contribution >= 4 is 173 Å². The second-order valence-corrected chi connectivity index (χ2v) is 24.2. The molecule has 418 valence electrons. The number of hydrogen-bond donors (Lipinski definition) is 1. The smallest absolute Gasteiger partial charge is 1.00 e. The fourth-order valence-corrected chi connectivity index (χ4v) is 12.2. The predicted octanol–water partition coefficient (Wildman–Crippen LogP) is 15.7. The van der Waals surface area contributed by atoms with Crippen molar-refractivity contribution in [2.24, 2.45) is 0 Å². The van der Waals surface area contributed by atoms with E-state index in [1.54, 1.807) is 6.07 Å². The first-order valence-electron chi connectivity index (χ1n) is 27.4. The predicted molar refractivity (Wildman–Crippen MR) is 351 cm³/mol. The Labute approximate surface area is 612 Å². The summed E-state index contributed by atoms with van der Waals surface area (Å²) in [6.07, 6.45) is 15.8. The van der Waals surface area contributed by atoms with Crippen LogP contribution in [0.3, 0.4) is 0 Å². The molecule has 0 unspecified atom stereocenters. The maximum Gasteiger partial charge on any atom is 1.00 e. The van der Waals surface area contributed by atoms with E-state index in [4.69, 9.17) is 33.6 Å². The molecule has 0 bridgehead atoms. The van der Waals surface area contributed by atoms with Gasteiger partial charge in [-0.05, 0) is 129 Å². The van der Waals surface area contributed by atoms with Crippen LogP contribution < -0.4 is 113 Å². The summed E-state index contributed by atoms with van der Waals surface area (Å²) in [5, 5.41) is 33.0. The topological polar surface area (TPSA) is 131 Å². The quantitative estimate of drug-likeness (QED) is 0.0180. The fourth-order valence-electron chi connectivity index (χ4n) is 10.4. The maximum absolute atomic E-state index is 10.7. The van der Waals surface area contributed by atoms with Gasteiger partial charge in [0.15, 0.2) is 11.2 Å². The van der Waals surface area contributed by atoms with Crippen LogP contribution in [-0.2, 0) is 9.68 Å². The summed E-state index contributed by atoms with van der Waals surface area (Å²) in [4.78, 5) is 21.2. The standard InChI is InChI=1S/C33H29Br2NO2.C25H13Br2NO2.C8H17Br.CH2O3.2K.H/c1-2-3-4-5-6-9-18-37-29-17-12-21-10-7-8-11-24(21)30(29)33-36-31-25-15-13-22(34)19-27(25)28-20-23(35)14-16-26(28)32(31)38-33;26-14-6-8-17-19(11-14)20-12-15(27)7-9-18(20)24-23(17)28-25(30-24)22-16-4-2-1-3-13(16)5-10-21(22)29;1-2-3-4-5-6-7-8-9;2-1-4-3;;;/h7-8,10-17,19-20H,2-6,9,18H2,1H3;1-12,29H;2-8H2,1H3;1,3H;;;/q;;;;2*+1;-1/p-1. The molecule has 2 aromatic heterocycles. The number of phenols is 1. The zero-order valence-electron chi connectivity index (χ0n) is 48.0. The molecule has 0 aliphatic rings. The number of ether oxygens (including phenoxy) is 1. The molecule has 10 aromatic carbocycles. The van der Waals surface area contributed by atoms with Gasteiger partial charge in [0.1, 0.15) is 22.5 Å². The van der Waals surface area contributed by atoms with Gasteiger partial charge >= 0.3 is 103 Å². The van der Waals surface area contributed by atoms with Crippen LogP contribution in [0.5, 0.6) is 11.5 Å². The van der Waals surface area contributed by atoms with E-state index in [2.05, 4.69) is 189 Å². The minimum Gasteiger partial charge on any atom is -1.00 e. The number of aromatic nitrogens is 2. The van der Waals surface area contributed by atoms with Gasteiger partial charge in [0.05, 0.1) is 17.7 Å². The molecule has 9 nitrogen and oxygen atoms in total. The molecule has 2 heterocycles. The van der Waals surface area contributed by atoms with E-state index in [-0.39, 0.29) is 116 Å². The molecule has 0 amide bonds. The van der Waals surface area contributed by atoms with Crippen molar-refractivity contribution in [3.05, 3.63) is 163 Å². The van der Waals surface area contributed by atoms with Crippen molar-refractivity contribution in [1.29, 1.82) is 0 Å². The van der Waals surface area contributed by atoms with E-state index in [1.165, 1.54) is 76.0 Å². The Kier molecular flexibility index (Phi) is 27.5. The van der Waals surface area contributed by atoms with Crippen molar-refractivity contribution in [1.82, 2.24) is 9.97 Å². The summed E-state index contributed by atoms with van der Waals surface area (Å²) in [7, 11) is 0. The van der Waals surface area contributed by atoms with Gasteiger partial charge < -0.3 is 30.2 Å². The maximum atomic E-state index is 10.7. The molecule has 0 atom stereocenters. The number of benzene rings is 10. The Morgan fingerprint density at radius 3 is 1.36 bits per heavy atom. The third-order valence-corrected chi connectivity index (χ3v) is 16.8. The van der Waals surface area contributed by atoms with Crippen molar-refractivity contribution < 1.29 is 138 Å². The molecule has 0 fully saturated rings. The van der Waals surface area contributed by atoms with Crippen LogP contribution in [0.2, 0.25) is 0 Å². The average Bonchev–Trinajstić information content (AvgIpc) is 4.20. The van der Waals surface area contributed by atoms with Gasteiger partial charge in [0, 0.05) is 44.8 Å². The summed E-state index contributed by atoms with van der Waals surface area (Å²) in [6, 6.07) is 49.0. The van der Waals surface area contributed by atoms with Crippen molar-refractivity contribution in [2.45, 2.75) is 90.9 Å². The van der Waals surface area contributed by atoms with E-state index in [1.807, 2.05) is 48.5 Å². The first-order chi connectivity index (χ1) is 39.6. The number of unbranched alkanes of at least 4 members (excludes halogenated alkanes) is 10. The first kappa shape index (κ1) is 67.9. The number of halogens is 5. The van der Waals surface area contributed by atoms with Crippen LogP contribution in [0, 0.1) is 0 Å². The molecule has 16 heteroatoms. The molecule has 0 spiro atoms. The van der Waals surface area contributed by atoms with Gasteiger partial charge in [-0.3, -0.25) is 4.79 Å². The number of fused-ring (bicyclic) bond motifs is 14. The molecule has 1 N–H and O–H groups in total. The Balaban J connectivity index is 0.000000220. The van der Waals surface area contributed by atoms with Gasteiger partial charge in [-0.25, -0.2) is 9.97 Å². The van der Waals surface area contributed by atoms with E-state index in [9.17, 15) is 5.11 Å². The van der Waals surface area contributed by atoms with Crippen LogP contribution >= 0.6 is 79.6 Å². The number of phenolic OH excluding ortho intramolecular Hbond substituents is 1. The summed E-state index contributed by atoms with van der Waals surface area (Å²) in [5.74, 6) is 1.98. The largest absolute Gasteiger partial charge is 1.00 e. The number of oxazole rings is 2. The molecular formula is C67H61Br5K2N2O7. The number of aromatic hydroxyl groups is 1. The molecule has 0 aliphatic heterocycles. The fraction of sp³-hybridized carbons (Fsp3) is 0.239. The molecule has 0 radical (unpaired) electrons. The molecular weight excluding hydrogens is 1420 g/mol. The van der Waals surface area contributed by atoms with Crippen molar-refractivity contribution in [2.75, 3.05) is 11.9 Å². The third-order valence-electron chi connectivity index (χ3n) is 14.3. The molecule has 83 heavy (non-hydrogen) atoms. The van der Waals surface area contributed by atoms with Crippen LogP contribution in [0.15, 0.2) is 172 Å². The Morgan fingerprint density at radius 2 is 0.892 bits per heavy atom. The monoisotopic (exact) mass is 1480 g/mol. The zero-order chi connectivity index (χ0) is 56.8. The number of carbonyl (C=O) groups excluding carboxylic acids is 1. The van der Waals surface area contributed by atoms with Crippen LogP contribution in [0.1, 0.15) is 92.3 Å². The summed E-state index contributed by atoms with van der Waals surface area (Å²) < 4.78 is 23.5. The summed E-state index contributed by atoms with van der Waals surface area (Å²) in [6.45, 7) is 5.01. The minimum absolute atomic E-state index is 0. The van der Waals surface area contributed by atoms with Gasteiger partial charge in [0.2, 0.25) is 11.8 Å². The van der Waals surface area contributed by atoms with Gasteiger partial charge in [-0.15, -0.1) is 0 Å². The number of rotatable bonds is 17. The number of hydrogen-bond acceptors (Lipinski definition) is 9. The second-order valence-electron chi connectivity index (χ2n) is 19.8. The van der Waals surface area contributed by atoms with E-state index < -0.39 is 0 Å². The van der Waals surface area contributed by atoms with E-state index >= 15 is 0 Å². The number of nitrogens with zero attached hydrogens (tertiary/aromatic N) is 2. The van der Waals surface area contributed by atoms with Crippen LogP contribution in [0.4, 0.5) is 0 Å². The minimum atomic E-state index is -0.181. The second kappa shape index (κ2) is 33.7. The van der Waals surface area contributed by atoms with Crippen LogP contribution in [-0.4, -0.2) is 33.5 Å². The van der Waals surface area contributed by atoms with Crippen LogP contribution in [0.25, 0.3) is 110 Å². The molecule has 0 saturated heterocycles. The zero-order valence-corrected chi connectivity index (χ0v) is 61.2. The summed E-state index contributed by atoms with van der Waals surface area (Å²) in [5.41, 5.74) is 4.70. The SMILES string of the molecule is CCCCCCCCBr.CCCCCCCCOc1ccc2ccccc2c1-c1nc2c3ccc(Br)cc3c3cc(Br)ccc3c2o1.O=CO[O-].Oc1ccc2ccccc2c1-c1nc2c3ccc(Br)cc3c3cc(Br)ccc3c2o1.[H-].[K+].[K+]. The molecule has 0 aliphatic carbocycles. The van der Waals surface area contributed by atoms with E-state index in [0.29, 0.717) is 24.0 Å².